The van der Waals surface area contributed by atoms with Gasteiger partial charge in [0.05, 0.1) is 25.0 Å². The van der Waals surface area contributed by atoms with Crippen molar-refractivity contribution in [2.24, 2.45) is 7.05 Å². The number of rotatable bonds is 7. The zero-order chi connectivity index (χ0) is 15.1. The van der Waals surface area contributed by atoms with Crippen LogP contribution in [0.25, 0.3) is 0 Å². The van der Waals surface area contributed by atoms with E-state index in [2.05, 4.69) is 15.7 Å². The number of carbonyl (C=O) groups is 2. The van der Waals surface area contributed by atoms with Gasteiger partial charge in [-0.05, 0) is 20.8 Å². The van der Waals surface area contributed by atoms with Crippen molar-refractivity contribution in [1.82, 2.24) is 20.4 Å². The first-order valence-corrected chi connectivity index (χ1v) is 6.63. The quantitative estimate of drug-likeness (QED) is 0.698. The van der Waals surface area contributed by atoms with Gasteiger partial charge < -0.3 is 15.4 Å². The number of esters is 1. The lowest BCUT2D eigenvalue weighted by Gasteiger charge is -2.10. The van der Waals surface area contributed by atoms with Crippen LogP contribution in [0, 0.1) is 0 Å². The number of nitrogens with one attached hydrogen (secondary N) is 2. The predicted octanol–water partition coefficient (Wildman–Crippen LogP) is 0.211. The number of hydrogen-bond donors (Lipinski definition) is 2. The zero-order valence-corrected chi connectivity index (χ0v) is 12.4. The van der Waals surface area contributed by atoms with Crippen LogP contribution in [0.4, 0.5) is 0 Å². The Morgan fingerprint density at radius 1 is 1.45 bits per heavy atom. The molecule has 0 aromatic carbocycles. The van der Waals surface area contributed by atoms with E-state index in [4.69, 9.17) is 4.74 Å². The van der Waals surface area contributed by atoms with E-state index >= 15 is 0 Å². The molecule has 0 spiro atoms. The number of aryl methyl sites for hydroxylation is 1. The second-order valence-electron chi connectivity index (χ2n) is 4.67. The Bertz CT molecular complexity index is 468. The number of amides is 1. The van der Waals surface area contributed by atoms with Crippen LogP contribution in [0.3, 0.4) is 0 Å². The van der Waals surface area contributed by atoms with E-state index in [0.29, 0.717) is 24.4 Å². The lowest BCUT2D eigenvalue weighted by atomic mass is 10.2. The van der Waals surface area contributed by atoms with Gasteiger partial charge in [0.2, 0.25) is 5.91 Å². The SMILES string of the molecule is CCOC(=O)c1cnn(C)c1CNCC(=O)NC(C)C. The van der Waals surface area contributed by atoms with Crippen LogP contribution in [0.2, 0.25) is 0 Å². The van der Waals surface area contributed by atoms with Gasteiger partial charge in [-0.1, -0.05) is 0 Å². The zero-order valence-electron chi connectivity index (χ0n) is 12.4. The summed E-state index contributed by atoms with van der Waals surface area (Å²) in [5.41, 5.74) is 1.12. The van der Waals surface area contributed by atoms with E-state index in [1.165, 1.54) is 6.20 Å². The van der Waals surface area contributed by atoms with E-state index in [9.17, 15) is 9.59 Å². The fraction of sp³-hybridized carbons (Fsp3) is 0.615. The van der Waals surface area contributed by atoms with Crippen molar-refractivity contribution in [1.29, 1.82) is 0 Å². The Morgan fingerprint density at radius 2 is 2.15 bits per heavy atom. The summed E-state index contributed by atoms with van der Waals surface area (Å²) in [6, 6.07) is 0.107. The van der Waals surface area contributed by atoms with Gasteiger partial charge in [-0.2, -0.15) is 5.10 Å². The maximum atomic E-state index is 11.7. The second kappa shape index (κ2) is 7.64. The van der Waals surface area contributed by atoms with E-state index in [1.54, 1.807) is 18.7 Å². The third-order valence-corrected chi connectivity index (χ3v) is 2.58. The minimum atomic E-state index is -0.399. The molecule has 0 aliphatic rings. The van der Waals surface area contributed by atoms with Gasteiger partial charge in [-0.25, -0.2) is 4.79 Å². The van der Waals surface area contributed by atoms with Crippen molar-refractivity contribution in [2.75, 3.05) is 13.2 Å². The molecule has 7 heteroatoms. The van der Waals surface area contributed by atoms with Crippen molar-refractivity contribution in [2.45, 2.75) is 33.4 Å². The highest BCUT2D eigenvalue weighted by atomic mass is 16.5. The molecule has 0 bridgehead atoms. The van der Waals surface area contributed by atoms with Gasteiger partial charge in [-0.3, -0.25) is 9.48 Å². The molecule has 1 rings (SSSR count). The van der Waals surface area contributed by atoms with Crippen LogP contribution in [0.15, 0.2) is 6.20 Å². The topological polar surface area (TPSA) is 85.2 Å². The second-order valence-corrected chi connectivity index (χ2v) is 4.67. The summed E-state index contributed by atoms with van der Waals surface area (Å²) in [7, 11) is 1.74. The summed E-state index contributed by atoms with van der Waals surface area (Å²) in [5, 5.41) is 9.81. The molecule has 0 fully saturated rings. The molecule has 0 aliphatic carbocycles. The molecule has 7 nitrogen and oxygen atoms in total. The standard InChI is InChI=1S/C13H22N4O3/c1-5-20-13(19)10-6-15-17(4)11(10)7-14-8-12(18)16-9(2)3/h6,9,14H,5,7-8H2,1-4H3,(H,16,18). The first-order chi connectivity index (χ1) is 9.45. The summed E-state index contributed by atoms with van der Waals surface area (Å²) >= 11 is 0. The Labute approximate surface area is 118 Å². The molecular weight excluding hydrogens is 260 g/mol. The van der Waals surface area contributed by atoms with Crippen molar-refractivity contribution in [3.63, 3.8) is 0 Å². The monoisotopic (exact) mass is 282 g/mol. The van der Waals surface area contributed by atoms with Crippen LogP contribution in [0.5, 0.6) is 0 Å². The van der Waals surface area contributed by atoms with Crippen LogP contribution < -0.4 is 10.6 Å². The fourth-order valence-electron chi connectivity index (χ4n) is 1.72. The molecule has 2 N–H and O–H groups in total. The van der Waals surface area contributed by atoms with E-state index in [1.807, 2.05) is 13.8 Å². The molecule has 1 aromatic rings. The first kappa shape index (κ1) is 16.2. The smallest absolute Gasteiger partial charge is 0.341 e. The highest BCUT2D eigenvalue weighted by Crippen LogP contribution is 2.09. The minimum Gasteiger partial charge on any atom is -0.462 e. The number of ether oxygens (including phenoxy) is 1. The van der Waals surface area contributed by atoms with Crippen molar-refractivity contribution in [3.05, 3.63) is 17.5 Å². The molecule has 0 unspecified atom stereocenters. The number of hydrogen-bond acceptors (Lipinski definition) is 5. The Hall–Kier alpha value is -1.89. The highest BCUT2D eigenvalue weighted by molar-refractivity contribution is 5.90. The van der Waals surface area contributed by atoms with Gasteiger partial charge >= 0.3 is 5.97 Å². The third kappa shape index (κ3) is 4.65. The molecule has 0 atom stereocenters. The summed E-state index contributed by atoms with van der Waals surface area (Å²) in [4.78, 5) is 23.2. The van der Waals surface area contributed by atoms with Crippen LogP contribution >= 0.6 is 0 Å². The van der Waals surface area contributed by atoms with Gasteiger partial charge in [0, 0.05) is 19.6 Å². The molecule has 112 valence electrons. The summed E-state index contributed by atoms with van der Waals surface area (Å²) in [6.45, 7) is 6.43. The van der Waals surface area contributed by atoms with Crippen LogP contribution in [-0.2, 0) is 23.1 Å². The Kier molecular flexibility index (Phi) is 6.17. The largest absolute Gasteiger partial charge is 0.462 e. The lowest BCUT2D eigenvalue weighted by Crippen LogP contribution is -2.37. The number of nitrogens with zero attached hydrogens (tertiary/aromatic N) is 2. The molecule has 0 radical (unpaired) electrons. The molecule has 1 heterocycles. The molecule has 0 saturated heterocycles. The maximum Gasteiger partial charge on any atom is 0.341 e. The number of carbonyl (C=O) groups excluding carboxylic acids is 2. The maximum absolute atomic E-state index is 11.7. The van der Waals surface area contributed by atoms with E-state index in [-0.39, 0.29) is 18.5 Å². The molecule has 1 aromatic heterocycles. The Balaban J connectivity index is 2.57. The van der Waals surface area contributed by atoms with Gasteiger partial charge in [0.25, 0.3) is 0 Å². The van der Waals surface area contributed by atoms with Crippen LogP contribution in [-0.4, -0.2) is 40.9 Å². The Morgan fingerprint density at radius 3 is 2.75 bits per heavy atom. The average Bonchev–Trinajstić information content (AvgIpc) is 2.70. The van der Waals surface area contributed by atoms with Gasteiger partial charge in [-0.15, -0.1) is 0 Å². The highest BCUT2D eigenvalue weighted by Gasteiger charge is 2.17. The van der Waals surface area contributed by atoms with Crippen LogP contribution in [0.1, 0.15) is 36.8 Å². The lowest BCUT2D eigenvalue weighted by molar-refractivity contribution is -0.120. The molecule has 1 amide bonds. The van der Waals surface area contributed by atoms with Crippen molar-refractivity contribution >= 4 is 11.9 Å². The molecule has 0 saturated carbocycles. The predicted molar refractivity (Wildman–Crippen MR) is 74.1 cm³/mol. The van der Waals surface area contributed by atoms with Gasteiger partial charge in [0.1, 0.15) is 5.56 Å². The first-order valence-electron chi connectivity index (χ1n) is 6.63. The van der Waals surface area contributed by atoms with Crippen molar-refractivity contribution < 1.29 is 14.3 Å². The summed E-state index contributed by atoms with van der Waals surface area (Å²) in [6.07, 6.45) is 1.48. The molecule has 20 heavy (non-hydrogen) atoms. The van der Waals surface area contributed by atoms with E-state index < -0.39 is 5.97 Å². The average molecular weight is 282 g/mol. The summed E-state index contributed by atoms with van der Waals surface area (Å²) in [5.74, 6) is -0.483. The van der Waals surface area contributed by atoms with Crippen molar-refractivity contribution in [3.8, 4) is 0 Å². The third-order valence-electron chi connectivity index (χ3n) is 2.58. The summed E-state index contributed by atoms with van der Waals surface area (Å²) < 4.78 is 6.56. The normalized spacial score (nSPS) is 10.7. The van der Waals surface area contributed by atoms with Gasteiger partial charge in [0.15, 0.2) is 0 Å². The molecule has 0 aliphatic heterocycles. The fourth-order valence-corrected chi connectivity index (χ4v) is 1.72. The molecular formula is C13H22N4O3. The van der Waals surface area contributed by atoms with E-state index in [0.717, 1.165) is 0 Å². The minimum absolute atomic E-state index is 0.0835. The number of aromatic nitrogens is 2.